The Morgan fingerprint density at radius 2 is 1.60 bits per heavy atom. The van der Waals surface area contributed by atoms with Crippen LogP contribution in [0.25, 0.3) is 0 Å². The van der Waals surface area contributed by atoms with Gasteiger partial charge in [0, 0.05) is 11.3 Å². The van der Waals surface area contributed by atoms with Crippen LogP contribution < -0.4 is 5.32 Å². The molecule has 1 aromatic carbocycles. The lowest BCUT2D eigenvalue weighted by Crippen LogP contribution is -2.27. The third-order valence-corrected chi connectivity index (χ3v) is 2.66. The molecule has 1 N–H and O–H groups in total. The van der Waals surface area contributed by atoms with Gasteiger partial charge in [-0.15, -0.1) is 0 Å². The molecule has 0 aliphatic carbocycles. The highest BCUT2D eigenvalue weighted by Gasteiger charge is 2.16. The van der Waals surface area contributed by atoms with Crippen molar-refractivity contribution in [1.82, 2.24) is 0 Å². The van der Waals surface area contributed by atoms with E-state index in [-0.39, 0.29) is 18.8 Å². The average Bonchev–Trinajstić information content (AvgIpc) is 2.49. The Morgan fingerprint density at radius 1 is 1.04 bits per heavy atom. The molecule has 0 aliphatic rings. The van der Waals surface area contributed by atoms with E-state index >= 15 is 0 Å². The van der Waals surface area contributed by atoms with Crippen molar-refractivity contribution in [2.45, 2.75) is 33.3 Å². The minimum atomic E-state index is -0.596. The van der Waals surface area contributed by atoms with Gasteiger partial charge in [0.2, 0.25) is 0 Å². The van der Waals surface area contributed by atoms with Crippen molar-refractivity contribution in [2.24, 2.45) is 0 Å². The third kappa shape index (κ3) is 8.01. The summed E-state index contributed by atoms with van der Waals surface area (Å²) in [5.74, 6) is -1.09. The van der Waals surface area contributed by atoms with Crippen LogP contribution in [-0.2, 0) is 19.0 Å². The van der Waals surface area contributed by atoms with E-state index in [9.17, 15) is 14.4 Å². The highest BCUT2D eigenvalue weighted by Crippen LogP contribution is 2.13. The molecule has 7 nitrogen and oxygen atoms in total. The van der Waals surface area contributed by atoms with Crippen molar-refractivity contribution < 1.29 is 28.6 Å². The first-order chi connectivity index (χ1) is 11.6. The van der Waals surface area contributed by atoms with Gasteiger partial charge in [-0.1, -0.05) is 6.58 Å². The summed E-state index contributed by atoms with van der Waals surface area (Å²) in [6, 6.07) is 6.13. The van der Waals surface area contributed by atoms with E-state index in [4.69, 9.17) is 14.2 Å². The van der Waals surface area contributed by atoms with Crippen LogP contribution in [0, 0.1) is 0 Å². The molecular formula is C18H23NO6. The lowest BCUT2D eigenvalue weighted by Gasteiger charge is -2.19. The van der Waals surface area contributed by atoms with E-state index in [0.29, 0.717) is 11.3 Å². The Hall–Kier alpha value is -2.83. The molecule has 0 aromatic heterocycles. The molecule has 25 heavy (non-hydrogen) atoms. The first-order valence-electron chi connectivity index (χ1n) is 7.68. The van der Waals surface area contributed by atoms with Crippen LogP contribution in [0.1, 0.15) is 38.1 Å². The van der Waals surface area contributed by atoms with Crippen molar-refractivity contribution in [3.05, 3.63) is 42.0 Å². The number of carbonyl (C=O) groups is 3. The number of nitrogens with one attached hydrogen (secondary N) is 1. The summed E-state index contributed by atoms with van der Waals surface area (Å²) in [6.45, 7) is 10.2. The van der Waals surface area contributed by atoms with Gasteiger partial charge in [0.1, 0.15) is 18.8 Å². The van der Waals surface area contributed by atoms with Crippen molar-refractivity contribution in [3.63, 3.8) is 0 Å². The molecule has 1 aromatic rings. The molecule has 136 valence electrons. The van der Waals surface area contributed by atoms with Gasteiger partial charge < -0.3 is 14.2 Å². The predicted octanol–water partition coefficient (Wildman–Crippen LogP) is 3.31. The maximum absolute atomic E-state index is 11.9. The molecule has 0 spiro atoms. The van der Waals surface area contributed by atoms with Crippen molar-refractivity contribution in [2.75, 3.05) is 18.5 Å². The Bertz CT molecular complexity index is 643. The maximum atomic E-state index is 11.9. The predicted molar refractivity (Wildman–Crippen MR) is 92.4 cm³/mol. The van der Waals surface area contributed by atoms with Crippen molar-refractivity contribution in [1.29, 1.82) is 0 Å². The van der Waals surface area contributed by atoms with Crippen LogP contribution in [0.15, 0.2) is 36.4 Å². The fourth-order valence-electron chi connectivity index (χ4n) is 1.59. The highest BCUT2D eigenvalue weighted by molar-refractivity contribution is 5.91. The van der Waals surface area contributed by atoms with Crippen molar-refractivity contribution >= 4 is 23.7 Å². The first kappa shape index (κ1) is 20.2. The summed E-state index contributed by atoms with van der Waals surface area (Å²) in [6.07, 6.45) is -0.581. The second-order valence-corrected chi connectivity index (χ2v) is 6.26. The summed E-state index contributed by atoms with van der Waals surface area (Å²) < 4.78 is 14.9. The molecule has 0 saturated carbocycles. The standard InChI is InChI=1S/C18H23NO6/c1-12(2)15(20)23-10-11-24-16(21)13-6-8-14(9-7-13)19-17(22)25-18(3,4)5/h6-9H,1,10-11H2,2-5H3,(H,19,22). The second-order valence-electron chi connectivity index (χ2n) is 6.26. The van der Waals surface area contributed by atoms with E-state index < -0.39 is 23.6 Å². The van der Waals surface area contributed by atoms with E-state index in [1.54, 1.807) is 32.9 Å². The van der Waals surface area contributed by atoms with Gasteiger partial charge in [0.15, 0.2) is 0 Å². The summed E-state index contributed by atoms with van der Waals surface area (Å²) in [5, 5.41) is 2.56. The Balaban J connectivity index is 2.45. The normalized spacial score (nSPS) is 10.6. The number of benzene rings is 1. The van der Waals surface area contributed by atoms with Gasteiger partial charge in [0.05, 0.1) is 5.56 Å². The fourth-order valence-corrected chi connectivity index (χ4v) is 1.59. The van der Waals surface area contributed by atoms with Gasteiger partial charge in [-0.2, -0.15) is 0 Å². The third-order valence-electron chi connectivity index (χ3n) is 2.66. The van der Waals surface area contributed by atoms with Crippen LogP contribution in [0.5, 0.6) is 0 Å². The van der Waals surface area contributed by atoms with Crippen LogP contribution in [0.4, 0.5) is 10.5 Å². The quantitative estimate of drug-likeness (QED) is 0.367. The topological polar surface area (TPSA) is 90.9 Å². The summed E-state index contributed by atoms with van der Waals surface area (Å²) in [4.78, 5) is 34.7. The molecular weight excluding hydrogens is 326 g/mol. The molecule has 0 atom stereocenters. The van der Waals surface area contributed by atoms with E-state index in [2.05, 4.69) is 11.9 Å². The van der Waals surface area contributed by atoms with E-state index in [0.717, 1.165) is 0 Å². The van der Waals surface area contributed by atoms with E-state index in [1.165, 1.54) is 19.1 Å². The molecule has 0 fully saturated rings. The molecule has 0 heterocycles. The lowest BCUT2D eigenvalue weighted by molar-refractivity contribution is -0.140. The summed E-state index contributed by atoms with van der Waals surface area (Å²) in [5.41, 5.74) is 0.475. The molecule has 0 unspecified atom stereocenters. The average molecular weight is 349 g/mol. The van der Waals surface area contributed by atoms with Crippen LogP contribution in [-0.4, -0.2) is 36.8 Å². The molecule has 0 aliphatic heterocycles. The van der Waals surface area contributed by atoms with Gasteiger partial charge in [-0.05, 0) is 52.0 Å². The molecule has 1 rings (SSSR count). The van der Waals surface area contributed by atoms with Crippen LogP contribution >= 0.6 is 0 Å². The van der Waals surface area contributed by atoms with Gasteiger partial charge in [0.25, 0.3) is 0 Å². The number of amides is 1. The number of esters is 2. The number of hydrogen-bond donors (Lipinski definition) is 1. The fraction of sp³-hybridized carbons (Fsp3) is 0.389. The second kappa shape index (κ2) is 8.86. The SMILES string of the molecule is C=C(C)C(=O)OCCOC(=O)c1ccc(NC(=O)OC(C)(C)C)cc1. The minimum absolute atomic E-state index is 0.0459. The number of hydrogen-bond acceptors (Lipinski definition) is 6. The molecule has 0 bridgehead atoms. The number of anilines is 1. The molecule has 7 heteroatoms. The monoisotopic (exact) mass is 349 g/mol. The zero-order valence-electron chi connectivity index (χ0n) is 14.9. The summed E-state index contributed by atoms with van der Waals surface area (Å²) in [7, 11) is 0. The van der Waals surface area contributed by atoms with E-state index in [1.807, 2.05) is 0 Å². The zero-order valence-corrected chi connectivity index (χ0v) is 14.9. The zero-order chi connectivity index (χ0) is 19.0. The highest BCUT2D eigenvalue weighted by atomic mass is 16.6. The smallest absolute Gasteiger partial charge is 0.412 e. The van der Waals surface area contributed by atoms with Crippen LogP contribution in [0.2, 0.25) is 0 Å². The number of carbonyl (C=O) groups excluding carboxylic acids is 3. The molecule has 1 amide bonds. The maximum Gasteiger partial charge on any atom is 0.412 e. The van der Waals surface area contributed by atoms with Crippen LogP contribution in [0.3, 0.4) is 0 Å². The van der Waals surface area contributed by atoms with Gasteiger partial charge in [-0.3, -0.25) is 5.32 Å². The van der Waals surface area contributed by atoms with Gasteiger partial charge in [-0.25, -0.2) is 14.4 Å². The minimum Gasteiger partial charge on any atom is -0.459 e. The Kier molecular flexibility index (Phi) is 7.17. The number of ether oxygens (including phenoxy) is 3. The molecule has 0 saturated heterocycles. The largest absolute Gasteiger partial charge is 0.459 e. The van der Waals surface area contributed by atoms with Crippen molar-refractivity contribution in [3.8, 4) is 0 Å². The van der Waals surface area contributed by atoms with Gasteiger partial charge >= 0.3 is 18.0 Å². The molecule has 0 radical (unpaired) electrons. The first-order valence-corrected chi connectivity index (χ1v) is 7.68. The summed E-state index contributed by atoms with van der Waals surface area (Å²) >= 11 is 0. The Morgan fingerprint density at radius 3 is 2.12 bits per heavy atom. The lowest BCUT2D eigenvalue weighted by atomic mass is 10.2. The Labute approximate surface area is 146 Å². The number of rotatable bonds is 6.